The topological polar surface area (TPSA) is 109 Å². The number of hydrogen-bond acceptors (Lipinski definition) is 6. The molecule has 2 N–H and O–H groups in total. The van der Waals surface area contributed by atoms with Gasteiger partial charge in [-0.15, -0.1) is 0 Å². The standard InChI is InChI=1S/C21H20BrN3O5S/c1-13-3-2-4-15(21(26)27)19(13)24-20-16-11-14(22)5-6-17(16)23-12-18(20)31(28,29)25-7-9-30-10-8-25/h2-6,11-12H,7-10H2,1H3,(H,23,24)(H,26,27). The number of aromatic carboxylic acids is 1. The number of pyridine rings is 1. The maximum atomic E-state index is 13.5. The first-order valence-corrected chi connectivity index (χ1v) is 11.8. The Hall–Kier alpha value is -2.53. The molecular formula is C21H20BrN3O5S. The summed E-state index contributed by atoms with van der Waals surface area (Å²) in [6.07, 6.45) is 1.32. The van der Waals surface area contributed by atoms with Gasteiger partial charge in [0.05, 0.1) is 35.7 Å². The zero-order valence-electron chi connectivity index (χ0n) is 16.6. The van der Waals surface area contributed by atoms with Crippen molar-refractivity contribution in [3.8, 4) is 0 Å². The molecule has 4 rings (SSSR count). The van der Waals surface area contributed by atoms with Gasteiger partial charge in [0.15, 0.2) is 0 Å². The summed E-state index contributed by atoms with van der Waals surface area (Å²) < 4.78 is 34.4. The second-order valence-electron chi connectivity index (χ2n) is 7.10. The number of anilines is 2. The second-order valence-corrected chi connectivity index (χ2v) is 9.93. The Bertz CT molecular complexity index is 1270. The Labute approximate surface area is 188 Å². The first-order chi connectivity index (χ1) is 14.8. The lowest BCUT2D eigenvalue weighted by molar-refractivity contribution is 0.0698. The molecule has 1 fully saturated rings. The summed E-state index contributed by atoms with van der Waals surface area (Å²) in [6.45, 7) is 2.88. The summed E-state index contributed by atoms with van der Waals surface area (Å²) in [5, 5.41) is 13.3. The van der Waals surface area contributed by atoms with Gasteiger partial charge in [-0.1, -0.05) is 28.1 Å². The van der Waals surface area contributed by atoms with Gasteiger partial charge in [-0.05, 0) is 36.8 Å². The zero-order chi connectivity index (χ0) is 22.2. The molecule has 8 nitrogen and oxygen atoms in total. The van der Waals surface area contributed by atoms with E-state index in [1.807, 2.05) is 6.07 Å². The molecule has 2 aromatic carbocycles. The molecule has 0 saturated carbocycles. The van der Waals surface area contributed by atoms with Gasteiger partial charge >= 0.3 is 5.97 Å². The lowest BCUT2D eigenvalue weighted by atomic mass is 10.1. The molecule has 1 aromatic heterocycles. The summed E-state index contributed by atoms with van der Waals surface area (Å²) in [5.74, 6) is -1.11. The summed E-state index contributed by atoms with van der Waals surface area (Å²) >= 11 is 3.43. The average Bonchev–Trinajstić information content (AvgIpc) is 2.75. The van der Waals surface area contributed by atoms with Gasteiger partial charge in [0.1, 0.15) is 4.90 Å². The smallest absolute Gasteiger partial charge is 0.337 e. The second kappa shape index (κ2) is 8.54. The number of nitrogens with zero attached hydrogens (tertiary/aromatic N) is 2. The van der Waals surface area contributed by atoms with Crippen LogP contribution in [0.25, 0.3) is 10.9 Å². The van der Waals surface area contributed by atoms with Crippen molar-refractivity contribution in [3.63, 3.8) is 0 Å². The molecule has 0 unspecified atom stereocenters. The Morgan fingerprint density at radius 2 is 1.94 bits per heavy atom. The normalized spacial score (nSPS) is 15.2. The molecule has 0 aliphatic carbocycles. The Balaban J connectivity index is 1.96. The van der Waals surface area contributed by atoms with E-state index in [4.69, 9.17) is 4.74 Å². The predicted molar refractivity (Wildman–Crippen MR) is 120 cm³/mol. The molecule has 0 amide bonds. The van der Waals surface area contributed by atoms with E-state index in [1.54, 1.807) is 31.2 Å². The van der Waals surface area contributed by atoms with E-state index in [0.29, 0.717) is 35.4 Å². The summed E-state index contributed by atoms with van der Waals surface area (Å²) in [6, 6.07) is 10.2. The number of carboxylic acids is 1. The molecule has 1 aliphatic heterocycles. The molecule has 0 atom stereocenters. The van der Waals surface area contributed by atoms with Crippen molar-refractivity contribution in [3.05, 3.63) is 58.2 Å². The number of ether oxygens (including phenoxy) is 1. The fraction of sp³-hybridized carbons (Fsp3) is 0.238. The number of sulfonamides is 1. The largest absolute Gasteiger partial charge is 0.478 e. The predicted octanol–water partition coefficient (Wildman–Crippen LogP) is 3.77. The summed E-state index contributed by atoms with van der Waals surface area (Å²) in [4.78, 5) is 16.1. The number of carbonyl (C=O) groups is 1. The van der Waals surface area contributed by atoms with Gasteiger partial charge in [0, 0.05) is 29.1 Å². The third-order valence-electron chi connectivity index (χ3n) is 5.14. The van der Waals surface area contributed by atoms with E-state index in [0.717, 1.165) is 4.47 Å². The molecule has 1 aliphatic rings. The van der Waals surface area contributed by atoms with Crippen molar-refractivity contribution in [2.45, 2.75) is 11.8 Å². The van der Waals surface area contributed by atoms with E-state index in [2.05, 4.69) is 26.2 Å². The molecule has 1 saturated heterocycles. The highest BCUT2D eigenvalue weighted by molar-refractivity contribution is 9.10. The van der Waals surface area contributed by atoms with Crippen LogP contribution in [0.15, 0.2) is 52.0 Å². The Kier molecular flexibility index (Phi) is 5.98. The third-order valence-corrected chi connectivity index (χ3v) is 7.54. The van der Waals surface area contributed by atoms with Gasteiger partial charge in [-0.3, -0.25) is 4.98 Å². The summed E-state index contributed by atoms with van der Waals surface area (Å²) in [5.41, 5.74) is 1.93. The monoisotopic (exact) mass is 505 g/mol. The van der Waals surface area contributed by atoms with Crippen molar-refractivity contribution in [1.29, 1.82) is 0 Å². The maximum Gasteiger partial charge on any atom is 0.337 e. The van der Waals surface area contributed by atoms with Crippen LogP contribution in [0.1, 0.15) is 15.9 Å². The van der Waals surface area contributed by atoms with Gasteiger partial charge in [0.25, 0.3) is 0 Å². The number of fused-ring (bicyclic) bond motifs is 1. The number of nitrogens with one attached hydrogen (secondary N) is 1. The SMILES string of the molecule is Cc1cccc(C(=O)O)c1Nc1c(S(=O)(=O)N2CCOCC2)cnc2ccc(Br)cc12. The van der Waals surface area contributed by atoms with E-state index in [1.165, 1.54) is 16.6 Å². The van der Waals surface area contributed by atoms with Crippen LogP contribution in [0.4, 0.5) is 11.4 Å². The highest BCUT2D eigenvalue weighted by Gasteiger charge is 2.30. The van der Waals surface area contributed by atoms with E-state index < -0.39 is 16.0 Å². The average molecular weight is 506 g/mol. The van der Waals surface area contributed by atoms with Gasteiger partial charge in [0.2, 0.25) is 10.0 Å². The molecule has 3 aromatic rings. The van der Waals surface area contributed by atoms with Crippen molar-refractivity contribution in [1.82, 2.24) is 9.29 Å². The molecule has 0 spiro atoms. The number of halogens is 1. The van der Waals surface area contributed by atoms with Crippen LogP contribution >= 0.6 is 15.9 Å². The van der Waals surface area contributed by atoms with Crippen molar-refractivity contribution in [2.75, 3.05) is 31.6 Å². The molecule has 0 bridgehead atoms. The number of aromatic nitrogens is 1. The van der Waals surface area contributed by atoms with Crippen LogP contribution in [0.2, 0.25) is 0 Å². The maximum absolute atomic E-state index is 13.5. The molecule has 0 radical (unpaired) electrons. The van der Waals surface area contributed by atoms with Gasteiger partial charge in [-0.2, -0.15) is 4.31 Å². The molecule has 2 heterocycles. The minimum Gasteiger partial charge on any atom is -0.478 e. The fourth-order valence-corrected chi connectivity index (χ4v) is 5.41. The summed E-state index contributed by atoms with van der Waals surface area (Å²) in [7, 11) is -3.90. The molecule has 162 valence electrons. The minimum absolute atomic E-state index is 0.0143. The number of benzene rings is 2. The number of para-hydroxylation sites is 1. The quantitative estimate of drug-likeness (QED) is 0.543. The van der Waals surface area contributed by atoms with Crippen molar-refractivity contribution >= 4 is 54.2 Å². The molecular weight excluding hydrogens is 486 g/mol. The third kappa shape index (κ3) is 4.16. The van der Waals surface area contributed by atoms with Crippen LogP contribution in [0.3, 0.4) is 0 Å². The van der Waals surface area contributed by atoms with Crippen LogP contribution in [-0.2, 0) is 14.8 Å². The van der Waals surface area contributed by atoms with E-state index >= 15 is 0 Å². The number of carboxylic acid groups (broad SMARTS) is 1. The van der Waals surface area contributed by atoms with Crippen LogP contribution in [0.5, 0.6) is 0 Å². The van der Waals surface area contributed by atoms with Gasteiger partial charge < -0.3 is 15.2 Å². The minimum atomic E-state index is -3.90. The molecule has 10 heteroatoms. The number of morpholine rings is 1. The Morgan fingerprint density at radius 3 is 2.65 bits per heavy atom. The molecule has 31 heavy (non-hydrogen) atoms. The van der Waals surface area contributed by atoms with Crippen molar-refractivity contribution < 1.29 is 23.1 Å². The highest BCUT2D eigenvalue weighted by Crippen LogP contribution is 2.36. The van der Waals surface area contributed by atoms with Gasteiger partial charge in [-0.25, -0.2) is 13.2 Å². The van der Waals surface area contributed by atoms with E-state index in [-0.39, 0.29) is 29.2 Å². The lowest BCUT2D eigenvalue weighted by Crippen LogP contribution is -2.40. The van der Waals surface area contributed by atoms with E-state index in [9.17, 15) is 18.3 Å². The van der Waals surface area contributed by atoms with Crippen LogP contribution < -0.4 is 5.32 Å². The first kappa shape index (κ1) is 21.7. The van der Waals surface area contributed by atoms with Crippen LogP contribution in [-0.4, -0.2) is 55.1 Å². The fourth-order valence-electron chi connectivity index (χ4n) is 3.53. The number of hydrogen-bond donors (Lipinski definition) is 2. The van der Waals surface area contributed by atoms with Crippen molar-refractivity contribution in [2.24, 2.45) is 0 Å². The Morgan fingerprint density at radius 1 is 1.19 bits per heavy atom. The number of rotatable bonds is 5. The lowest BCUT2D eigenvalue weighted by Gasteiger charge is -2.27. The number of aryl methyl sites for hydroxylation is 1. The zero-order valence-corrected chi connectivity index (χ0v) is 19.0. The van der Waals surface area contributed by atoms with Crippen LogP contribution in [0, 0.1) is 6.92 Å². The first-order valence-electron chi connectivity index (χ1n) is 9.55. The highest BCUT2D eigenvalue weighted by atomic mass is 79.9.